The summed E-state index contributed by atoms with van der Waals surface area (Å²) >= 11 is 0. The highest BCUT2D eigenvalue weighted by Crippen LogP contribution is 2.36. The molecular weight excluding hydrogens is 482 g/mol. The molecule has 0 N–H and O–H groups in total. The van der Waals surface area contributed by atoms with Crippen LogP contribution in [0.25, 0.3) is 0 Å². The summed E-state index contributed by atoms with van der Waals surface area (Å²) in [5, 5.41) is 0.145. The van der Waals surface area contributed by atoms with Crippen molar-refractivity contribution in [3.05, 3.63) is 35.9 Å². The van der Waals surface area contributed by atoms with E-state index in [9.17, 15) is 9.59 Å². The van der Waals surface area contributed by atoms with E-state index in [1.165, 1.54) is 0 Å². The molecule has 0 unspecified atom stereocenters. The van der Waals surface area contributed by atoms with E-state index in [-0.39, 0.29) is 17.1 Å². The Morgan fingerprint density at radius 1 is 0.811 bits per heavy atom. The fourth-order valence-electron chi connectivity index (χ4n) is 3.51. The van der Waals surface area contributed by atoms with Crippen LogP contribution in [0.1, 0.15) is 98.5 Å². The van der Waals surface area contributed by atoms with Gasteiger partial charge in [0, 0.05) is 19.5 Å². The molecule has 0 saturated carbocycles. The summed E-state index contributed by atoms with van der Waals surface area (Å²) in [5.74, 6) is -0.122. The number of hydrogen-bond donors (Lipinski definition) is 0. The average Bonchev–Trinajstić information content (AvgIpc) is 2.79. The van der Waals surface area contributed by atoms with Gasteiger partial charge in [-0.05, 0) is 57.3 Å². The molecule has 1 amide bonds. The lowest BCUT2D eigenvalue weighted by molar-refractivity contribution is -0.145. The lowest BCUT2D eigenvalue weighted by Gasteiger charge is -2.37. The summed E-state index contributed by atoms with van der Waals surface area (Å²) in [6.45, 7) is 19.0. The Balaban J connectivity index is 2.24. The molecule has 1 rings (SSSR count). The van der Waals surface area contributed by atoms with Crippen molar-refractivity contribution in [3.8, 4) is 0 Å². The number of ether oxygens (including phenoxy) is 2. The third-order valence-electron chi connectivity index (χ3n) is 6.83. The average molecular weight is 536 g/mol. The van der Waals surface area contributed by atoms with Gasteiger partial charge in [0.2, 0.25) is 0 Å². The van der Waals surface area contributed by atoms with Crippen molar-refractivity contribution in [2.24, 2.45) is 0 Å². The molecule has 1 aromatic carbocycles. The minimum atomic E-state index is -1.85. The van der Waals surface area contributed by atoms with Gasteiger partial charge in [0.25, 0.3) is 0 Å². The van der Waals surface area contributed by atoms with Crippen molar-refractivity contribution >= 4 is 20.4 Å². The van der Waals surface area contributed by atoms with Gasteiger partial charge in [0.05, 0.1) is 6.61 Å². The van der Waals surface area contributed by atoms with Crippen LogP contribution in [0.2, 0.25) is 18.1 Å². The Labute approximate surface area is 227 Å². The number of nitrogens with zero attached hydrogens (tertiary/aromatic N) is 1. The van der Waals surface area contributed by atoms with E-state index in [1.54, 1.807) is 4.90 Å². The molecule has 0 aliphatic carbocycles. The van der Waals surface area contributed by atoms with Crippen LogP contribution in [-0.4, -0.2) is 50.6 Å². The maximum Gasteiger partial charge on any atom is 0.410 e. The molecule has 0 radical (unpaired) electrons. The minimum Gasteiger partial charge on any atom is -0.461 e. The fourth-order valence-corrected chi connectivity index (χ4v) is 4.55. The highest BCUT2D eigenvalue weighted by atomic mass is 28.4. The van der Waals surface area contributed by atoms with Gasteiger partial charge >= 0.3 is 12.1 Å². The molecule has 37 heavy (non-hydrogen) atoms. The molecule has 7 heteroatoms. The Hall–Kier alpha value is -1.86. The summed E-state index contributed by atoms with van der Waals surface area (Å²) in [5.41, 5.74) is 0.507. The van der Waals surface area contributed by atoms with E-state index in [0.717, 1.165) is 50.5 Å². The molecule has 0 bridgehead atoms. The third kappa shape index (κ3) is 15.2. The zero-order valence-electron chi connectivity index (χ0n) is 24.9. The van der Waals surface area contributed by atoms with Gasteiger partial charge in [0.15, 0.2) is 8.32 Å². The Morgan fingerprint density at radius 3 is 1.95 bits per heavy atom. The van der Waals surface area contributed by atoms with E-state index in [0.29, 0.717) is 32.7 Å². The SMILES string of the molecule is CC(C)(C)OC(=O)N(CCCCCCCCCC(=O)OCc1ccccc1)CCO[Si](C)(C)C(C)(C)C. The Bertz CT molecular complexity index is 783. The van der Waals surface area contributed by atoms with Gasteiger partial charge in [-0.2, -0.15) is 0 Å². The first-order valence-corrected chi connectivity index (χ1v) is 16.9. The van der Waals surface area contributed by atoms with Gasteiger partial charge in [-0.15, -0.1) is 0 Å². The monoisotopic (exact) mass is 535 g/mol. The minimum absolute atomic E-state index is 0.122. The first-order valence-electron chi connectivity index (χ1n) is 14.0. The van der Waals surface area contributed by atoms with Gasteiger partial charge in [0.1, 0.15) is 12.2 Å². The normalized spacial score (nSPS) is 12.3. The fraction of sp³-hybridized carbons (Fsp3) is 0.733. The number of benzene rings is 1. The summed E-state index contributed by atoms with van der Waals surface area (Å²) in [6, 6.07) is 9.77. The van der Waals surface area contributed by atoms with Crippen LogP contribution >= 0.6 is 0 Å². The van der Waals surface area contributed by atoms with Crippen molar-refractivity contribution in [3.63, 3.8) is 0 Å². The van der Waals surface area contributed by atoms with Gasteiger partial charge < -0.3 is 18.8 Å². The molecule has 0 atom stereocenters. The topological polar surface area (TPSA) is 65.1 Å². The van der Waals surface area contributed by atoms with Gasteiger partial charge in [-0.1, -0.05) is 83.2 Å². The number of hydrogen-bond acceptors (Lipinski definition) is 5. The molecule has 6 nitrogen and oxygen atoms in total. The molecule has 1 aromatic rings. The van der Waals surface area contributed by atoms with Gasteiger partial charge in [-0.25, -0.2) is 4.79 Å². The van der Waals surface area contributed by atoms with E-state index >= 15 is 0 Å². The predicted molar refractivity (Wildman–Crippen MR) is 154 cm³/mol. The van der Waals surface area contributed by atoms with Crippen molar-refractivity contribution in [1.82, 2.24) is 4.90 Å². The van der Waals surface area contributed by atoms with Crippen molar-refractivity contribution in [1.29, 1.82) is 0 Å². The van der Waals surface area contributed by atoms with E-state index in [1.807, 2.05) is 51.1 Å². The number of carbonyl (C=O) groups excluding carboxylic acids is 2. The molecule has 0 saturated heterocycles. The van der Waals surface area contributed by atoms with Crippen LogP contribution in [0.5, 0.6) is 0 Å². The summed E-state index contributed by atoms with van der Waals surface area (Å²) in [4.78, 5) is 26.5. The van der Waals surface area contributed by atoms with E-state index in [2.05, 4.69) is 33.9 Å². The first-order chi connectivity index (χ1) is 17.2. The molecule has 0 fully saturated rings. The number of amides is 1. The number of esters is 1. The summed E-state index contributed by atoms with van der Waals surface area (Å²) in [6.07, 6.45) is 7.53. The van der Waals surface area contributed by atoms with Crippen LogP contribution in [0.3, 0.4) is 0 Å². The third-order valence-corrected chi connectivity index (χ3v) is 11.4. The molecule has 0 heterocycles. The maximum absolute atomic E-state index is 12.8. The molecule has 0 aliphatic rings. The van der Waals surface area contributed by atoms with Crippen LogP contribution < -0.4 is 0 Å². The molecule has 0 aromatic heterocycles. The molecule has 212 valence electrons. The molecule has 0 spiro atoms. The number of rotatable bonds is 16. The highest BCUT2D eigenvalue weighted by Gasteiger charge is 2.37. The second-order valence-electron chi connectivity index (χ2n) is 12.4. The maximum atomic E-state index is 12.8. The van der Waals surface area contributed by atoms with Crippen molar-refractivity contribution in [2.45, 2.75) is 123 Å². The van der Waals surface area contributed by atoms with E-state index < -0.39 is 13.9 Å². The highest BCUT2D eigenvalue weighted by molar-refractivity contribution is 6.74. The lowest BCUT2D eigenvalue weighted by atomic mass is 10.1. The van der Waals surface area contributed by atoms with Crippen molar-refractivity contribution < 1.29 is 23.5 Å². The molecular formula is C30H53NO5Si. The quantitative estimate of drug-likeness (QED) is 0.121. The van der Waals surface area contributed by atoms with E-state index in [4.69, 9.17) is 13.9 Å². The lowest BCUT2D eigenvalue weighted by Crippen LogP contribution is -2.44. The first kappa shape index (κ1) is 33.2. The Morgan fingerprint density at radius 2 is 1.38 bits per heavy atom. The predicted octanol–water partition coefficient (Wildman–Crippen LogP) is 8.11. The smallest absolute Gasteiger partial charge is 0.410 e. The Kier molecular flexibility index (Phi) is 14.5. The van der Waals surface area contributed by atoms with Crippen LogP contribution in [-0.2, 0) is 25.3 Å². The number of unbranched alkanes of at least 4 members (excludes halogenated alkanes) is 6. The standard InChI is InChI=1S/C30H53NO5Si/c1-29(2,3)36-28(33)31(23-24-35-37(7,8)30(4,5)6)22-18-13-11-9-10-12-17-21-27(32)34-25-26-19-15-14-16-20-26/h14-16,19-20H,9-13,17-18,21-25H2,1-8H3. The van der Waals surface area contributed by atoms with Crippen LogP contribution in [0.4, 0.5) is 4.79 Å². The largest absolute Gasteiger partial charge is 0.461 e. The second-order valence-corrected chi connectivity index (χ2v) is 17.3. The summed E-state index contributed by atoms with van der Waals surface area (Å²) < 4.78 is 17.3. The zero-order chi connectivity index (χ0) is 28.0. The summed E-state index contributed by atoms with van der Waals surface area (Å²) in [7, 11) is -1.85. The second kappa shape index (κ2) is 16.2. The molecule has 0 aliphatic heterocycles. The van der Waals surface area contributed by atoms with Gasteiger partial charge in [-0.3, -0.25) is 4.79 Å². The van der Waals surface area contributed by atoms with Crippen LogP contribution in [0.15, 0.2) is 30.3 Å². The van der Waals surface area contributed by atoms with Crippen molar-refractivity contribution in [2.75, 3.05) is 19.7 Å². The number of carbonyl (C=O) groups is 2. The van der Waals surface area contributed by atoms with Crippen LogP contribution in [0, 0.1) is 0 Å². The zero-order valence-corrected chi connectivity index (χ0v) is 25.9.